The molecule has 1 rings (SSSR count). The van der Waals surface area contributed by atoms with Crippen LogP contribution in [0.15, 0.2) is 18.5 Å². The SMILES string of the molecule is CCCCCCOCC(O)CNCc1cnccc1C. The van der Waals surface area contributed by atoms with Gasteiger partial charge in [-0.1, -0.05) is 26.2 Å². The minimum Gasteiger partial charge on any atom is -0.389 e. The maximum Gasteiger partial charge on any atom is 0.0897 e. The summed E-state index contributed by atoms with van der Waals surface area (Å²) >= 11 is 0. The van der Waals surface area contributed by atoms with Crippen LogP contribution in [-0.4, -0.2) is 36.0 Å². The van der Waals surface area contributed by atoms with Gasteiger partial charge >= 0.3 is 0 Å². The van der Waals surface area contributed by atoms with Gasteiger partial charge in [-0.2, -0.15) is 0 Å². The molecule has 1 aromatic heterocycles. The van der Waals surface area contributed by atoms with E-state index in [2.05, 4.69) is 24.1 Å². The minimum absolute atomic E-state index is 0.408. The normalized spacial score (nSPS) is 12.6. The van der Waals surface area contributed by atoms with Crippen molar-refractivity contribution < 1.29 is 9.84 Å². The van der Waals surface area contributed by atoms with Crippen LogP contribution in [0.1, 0.15) is 43.7 Å². The van der Waals surface area contributed by atoms with E-state index in [9.17, 15) is 5.11 Å². The number of pyridine rings is 1. The molecule has 0 amide bonds. The van der Waals surface area contributed by atoms with Crippen molar-refractivity contribution in [3.05, 3.63) is 29.6 Å². The summed E-state index contributed by atoms with van der Waals surface area (Å²) < 4.78 is 5.47. The Balaban J connectivity index is 2.03. The zero-order valence-corrected chi connectivity index (χ0v) is 12.8. The number of rotatable bonds is 11. The first-order valence-corrected chi connectivity index (χ1v) is 7.60. The molecule has 0 saturated carbocycles. The van der Waals surface area contributed by atoms with Crippen molar-refractivity contribution in [2.45, 2.75) is 52.2 Å². The first-order chi connectivity index (χ1) is 9.74. The average molecular weight is 280 g/mol. The van der Waals surface area contributed by atoms with E-state index in [0.29, 0.717) is 13.2 Å². The third kappa shape index (κ3) is 7.58. The van der Waals surface area contributed by atoms with E-state index in [1.807, 2.05) is 12.3 Å². The number of aliphatic hydroxyl groups is 1. The summed E-state index contributed by atoms with van der Waals surface area (Å²) in [4.78, 5) is 4.10. The minimum atomic E-state index is -0.446. The summed E-state index contributed by atoms with van der Waals surface area (Å²) in [6.07, 6.45) is 8.00. The lowest BCUT2D eigenvalue weighted by molar-refractivity contribution is 0.0353. The lowest BCUT2D eigenvalue weighted by Gasteiger charge is -2.13. The van der Waals surface area contributed by atoms with Gasteiger partial charge in [0.2, 0.25) is 0 Å². The highest BCUT2D eigenvalue weighted by atomic mass is 16.5. The Morgan fingerprint density at radius 3 is 2.95 bits per heavy atom. The van der Waals surface area contributed by atoms with Crippen LogP contribution in [0.4, 0.5) is 0 Å². The second-order valence-corrected chi connectivity index (χ2v) is 5.22. The molecule has 1 unspecified atom stereocenters. The molecule has 0 spiro atoms. The van der Waals surface area contributed by atoms with Gasteiger partial charge in [-0.3, -0.25) is 4.98 Å². The number of aromatic nitrogens is 1. The molecule has 4 nitrogen and oxygen atoms in total. The van der Waals surface area contributed by atoms with E-state index in [-0.39, 0.29) is 0 Å². The fraction of sp³-hybridized carbons (Fsp3) is 0.688. The second kappa shape index (κ2) is 10.8. The largest absolute Gasteiger partial charge is 0.389 e. The van der Waals surface area contributed by atoms with Gasteiger partial charge in [-0.25, -0.2) is 0 Å². The Labute approximate surface area is 122 Å². The van der Waals surface area contributed by atoms with Crippen LogP contribution in [-0.2, 0) is 11.3 Å². The van der Waals surface area contributed by atoms with E-state index in [1.54, 1.807) is 6.20 Å². The third-order valence-electron chi connectivity index (χ3n) is 3.30. The maximum absolute atomic E-state index is 9.80. The molecule has 0 saturated heterocycles. The standard InChI is InChI=1S/C16H28N2O2/c1-3-4-5-6-9-20-13-16(19)12-18-11-15-10-17-8-7-14(15)2/h7-8,10,16,18-19H,3-6,9,11-13H2,1-2H3. The molecule has 114 valence electrons. The number of unbranched alkanes of at least 4 members (excludes halogenated alkanes) is 3. The quantitative estimate of drug-likeness (QED) is 0.611. The lowest BCUT2D eigenvalue weighted by atomic mass is 10.1. The summed E-state index contributed by atoms with van der Waals surface area (Å²) in [6.45, 7) is 6.69. The number of nitrogens with one attached hydrogen (secondary N) is 1. The van der Waals surface area contributed by atoms with Gasteiger partial charge in [0.15, 0.2) is 0 Å². The number of nitrogens with zero attached hydrogens (tertiary/aromatic N) is 1. The smallest absolute Gasteiger partial charge is 0.0897 e. The van der Waals surface area contributed by atoms with Crippen molar-refractivity contribution in [2.75, 3.05) is 19.8 Å². The average Bonchev–Trinajstić information content (AvgIpc) is 2.45. The molecule has 0 bridgehead atoms. The molecule has 1 atom stereocenters. The lowest BCUT2D eigenvalue weighted by Crippen LogP contribution is -2.30. The number of ether oxygens (including phenoxy) is 1. The predicted octanol–water partition coefficient (Wildman–Crippen LogP) is 2.44. The number of aliphatic hydroxyl groups excluding tert-OH is 1. The molecular formula is C16H28N2O2. The Bertz CT molecular complexity index is 358. The van der Waals surface area contributed by atoms with E-state index in [4.69, 9.17) is 4.74 Å². The molecule has 4 heteroatoms. The van der Waals surface area contributed by atoms with E-state index >= 15 is 0 Å². The second-order valence-electron chi connectivity index (χ2n) is 5.22. The van der Waals surface area contributed by atoms with Crippen LogP contribution >= 0.6 is 0 Å². The zero-order valence-electron chi connectivity index (χ0n) is 12.8. The van der Waals surface area contributed by atoms with Crippen LogP contribution < -0.4 is 5.32 Å². The molecule has 20 heavy (non-hydrogen) atoms. The Hall–Kier alpha value is -0.970. The van der Waals surface area contributed by atoms with Crippen LogP contribution in [0.3, 0.4) is 0 Å². The van der Waals surface area contributed by atoms with Crippen molar-refractivity contribution in [3.8, 4) is 0 Å². The predicted molar refractivity (Wildman–Crippen MR) is 81.6 cm³/mol. The number of aryl methyl sites for hydroxylation is 1. The molecule has 1 heterocycles. The van der Waals surface area contributed by atoms with E-state index in [1.165, 1.54) is 30.4 Å². The summed E-state index contributed by atoms with van der Waals surface area (Å²) in [7, 11) is 0. The molecule has 0 aromatic carbocycles. The van der Waals surface area contributed by atoms with E-state index in [0.717, 1.165) is 19.6 Å². The first-order valence-electron chi connectivity index (χ1n) is 7.60. The van der Waals surface area contributed by atoms with E-state index < -0.39 is 6.10 Å². The molecular weight excluding hydrogens is 252 g/mol. The Kier molecular flexibility index (Phi) is 9.20. The fourth-order valence-electron chi connectivity index (χ4n) is 1.96. The maximum atomic E-state index is 9.80. The van der Waals surface area contributed by atoms with Crippen LogP contribution in [0, 0.1) is 6.92 Å². The molecule has 1 aromatic rings. The van der Waals surface area contributed by atoms with Crippen molar-refractivity contribution in [1.82, 2.24) is 10.3 Å². The van der Waals surface area contributed by atoms with Gasteiger partial charge in [-0.15, -0.1) is 0 Å². The highest BCUT2D eigenvalue weighted by Crippen LogP contribution is 2.04. The summed E-state index contributed by atoms with van der Waals surface area (Å²) in [5.41, 5.74) is 2.38. The molecule has 0 fully saturated rings. The fourth-order valence-corrected chi connectivity index (χ4v) is 1.96. The molecule has 0 aliphatic carbocycles. The van der Waals surface area contributed by atoms with Crippen LogP contribution in [0.2, 0.25) is 0 Å². The summed E-state index contributed by atoms with van der Waals surface area (Å²) in [6, 6.07) is 1.99. The van der Waals surface area contributed by atoms with Crippen LogP contribution in [0.25, 0.3) is 0 Å². The van der Waals surface area contributed by atoms with Gasteiger partial charge < -0.3 is 15.2 Å². The van der Waals surface area contributed by atoms with Gasteiger partial charge in [-0.05, 0) is 30.5 Å². The first kappa shape index (κ1) is 17.1. The molecule has 0 radical (unpaired) electrons. The van der Waals surface area contributed by atoms with Crippen LogP contribution in [0.5, 0.6) is 0 Å². The third-order valence-corrected chi connectivity index (χ3v) is 3.30. The molecule has 0 aliphatic rings. The highest BCUT2D eigenvalue weighted by Gasteiger charge is 2.04. The number of hydrogen-bond donors (Lipinski definition) is 2. The topological polar surface area (TPSA) is 54.4 Å². The van der Waals surface area contributed by atoms with Gasteiger partial charge in [0.25, 0.3) is 0 Å². The van der Waals surface area contributed by atoms with Gasteiger partial charge in [0.1, 0.15) is 0 Å². The highest BCUT2D eigenvalue weighted by molar-refractivity contribution is 5.20. The summed E-state index contributed by atoms with van der Waals surface area (Å²) in [5, 5.41) is 13.0. The zero-order chi connectivity index (χ0) is 14.6. The Morgan fingerprint density at radius 2 is 2.20 bits per heavy atom. The Morgan fingerprint density at radius 1 is 1.35 bits per heavy atom. The summed E-state index contributed by atoms with van der Waals surface area (Å²) in [5.74, 6) is 0. The molecule has 2 N–H and O–H groups in total. The van der Waals surface area contributed by atoms with Crippen molar-refractivity contribution >= 4 is 0 Å². The van der Waals surface area contributed by atoms with Gasteiger partial charge in [0, 0.05) is 32.1 Å². The molecule has 0 aliphatic heterocycles. The van der Waals surface area contributed by atoms with Crippen molar-refractivity contribution in [3.63, 3.8) is 0 Å². The van der Waals surface area contributed by atoms with Crippen molar-refractivity contribution in [2.24, 2.45) is 0 Å². The number of hydrogen-bond acceptors (Lipinski definition) is 4. The monoisotopic (exact) mass is 280 g/mol. The van der Waals surface area contributed by atoms with Gasteiger partial charge in [0.05, 0.1) is 12.7 Å². The van der Waals surface area contributed by atoms with Crippen molar-refractivity contribution in [1.29, 1.82) is 0 Å².